The van der Waals surface area contributed by atoms with Crippen LogP contribution in [0.1, 0.15) is 5.56 Å². The first-order valence-electron chi connectivity index (χ1n) is 3.90. The van der Waals surface area contributed by atoms with Gasteiger partial charge in [-0.05, 0) is 18.6 Å². The average Bonchev–Trinajstić information content (AvgIpc) is 2.17. The Morgan fingerprint density at radius 3 is 2.23 bits per heavy atom. The van der Waals surface area contributed by atoms with E-state index in [2.05, 4.69) is 0 Å². The highest BCUT2D eigenvalue weighted by Gasteiger charge is 2.10. The molecule has 72 valence electrons. The molecule has 0 aliphatic heterocycles. The van der Waals surface area contributed by atoms with Crippen molar-refractivity contribution in [2.24, 2.45) is 0 Å². The van der Waals surface area contributed by atoms with Gasteiger partial charge in [-0.25, -0.2) is 0 Å². The minimum atomic E-state index is -1.25. The maximum Gasteiger partial charge on any atom is 0.396 e. The smallest absolute Gasteiger partial charge is 0.396 e. The van der Waals surface area contributed by atoms with E-state index in [1.807, 2.05) is 31.2 Å². The van der Waals surface area contributed by atoms with Gasteiger partial charge in [-0.2, -0.15) is 0 Å². The SMILES string of the molecule is COP(OC)Oc1ccccc1C. The van der Waals surface area contributed by atoms with Gasteiger partial charge >= 0.3 is 8.60 Å². The Balaban J connectivity index is 2.67. The first kappa shape index (κ1) is 10.5. The van der Waals surface area contributed by atoms with Crippen molar-refractivity contribution in [3.63, 3.8) is 0 Å². The van der Waals surface area contributed by atoms with Crippen LogP contribution in [0.15, 0.2) is 24.3 Å². The zero-order chi connectivity index (χ0) is 9.68. The molecule has 0 aliphatic rings. The second-order valence-electron chi connectivity index (χ2n) is 2.45. The van der Waals surface area contributed by atoms with Gasteiger partial charge in [-0.15, -0.1) is 0 Å². The van der Waals surface area contributed by atoms with Gasteiger partial charge in [0.05, 0.1) is 0 Å². The largest absolute Gasteiger partial charge is 0.426 e. The molecule has 0 fully saturated rings. The van der Waals surface area contributed by atoms with Crippen LogP contribution in [0.5, 0.6) is 5.75 Å². The number of rotatable bonds is 4. The molecule has 1 aromatic rings. The van der Waals surface area contributed by atoms with Gasteiger partial charge in [0.15, 0.2) is 0 Å². The van der Waals surface area contributed by atoms with Gasteiger partial charge in [-0.1, -0.05) is 18.2 Å². The molecular weight excluding hydrogens is 187 g/mol. The van der Waals surface area contributed by atoms with Gasteiger partial charge in [0.25, 0.3) is 0 Å². The van der Waals surface area contributed by atoms with Gasteiger partial charge in [0, 0.05) is 14.2 Å². The molecule has 1 aromatic carbocycles. The third-order valence-electron chi connectivity index (χ3n) is 1.56. The van der Waals surface area contributed by atoms with Crippen LogP contribution in [0.25, 0.3) is 0 Å². The van der Waals surface area contributed by atoms with Crippen LogP contribution in [-0.4, -0.2) is 14.2 Å². The lowest BCUT2D eigenvalue weighted by Gasteiger charge is -2.13. The molecule has 0 radical (unpaired) electrons. The van der Waals surface area contributed by atoms with Crippen LogP contribution in [-0.2, 0) is 9.05 Å². The van der Waals surface area contributed by atoms with E-state index in [9.17, 15) is 0 Å². The molecule has 1 rings (SSSR count). The van der Waals surface area contributed by atoms with E-state index >= 15 is 0 Å². The van der Waals surface area contributed by atoms with Crippen LogP contribution >= 0.6 is 8.60 Å². The van der Waals surface area contributed by atoms with Crippen molar-refractivity contribution in [1.29, 1.82) is 0 Å². The summed E-state index contributed by atoms with van der Waals surface area (Å²) in [5.41, 5.74) is 1.07. The van der Waals surface area contributed by atoms with E-state index in [0.717, 1.165) is 11.3 Å². The normalized spacial score (nSPS) is 10.5. The van der Waals surface area contributed by atoms with E-state index in [4.69, 9.17) is 13.6 Å². The van der Waals surface area contributed by atoms with E-state index < -0.39 is 8.60 Å². The Bertz CT molecular complexity index is 261. The van der Waals surface area contributed by atoms with Gasteiger partial charge in [-0.3, -0.25) is 0 Å². The molecule has 0 atom stereocenters. The number of para-hydroxylation sites is 1. The topological polar surface area (TPSA) is 27.7 Å². The van der Waals surface area contributed by atoms with Crippen LogP contribution in [0, 0.1) is 6.92 Å². The van der Waals surface area contributed by atoms with E-state index in [1.165, 1.54) is 0 Å². The summed E-state index contributed by atoms with van der Waals surface area (Å²) < 4.78 is 15.4. The fourth-order valence-corrected chi connectivity index (χ4v) is 1.55. The maximum absolute atomic E-state index is 5.46. The molecule has 13 heavy (non-hydrogen) atoms. The van der Waals surface area contributed by atoms with Gasteiger partial charge in [0.2, 0.25) is 0 Å². The highest BCUT2D eigenvalue weighted by atomic mass is 31.2. The molecule has 4 heteroatoms. The van der Waals surface area contributed by atoms with Crippen molar-refractivity contribution in [2.75, 3.05) is 14.2 Å². The average molecular weight is 200 g/mol. The standard InChI is InChI=1S/C9H13O3P/c1-8-6-4-5-7-9(8)12-13(10-2)11-3/h4-7H,1-3H3. The lowest BCUT2D eigenvalue weighted by molar-refractivity contribution is 0.276. The summed E-state index contributed by atoms with van der Waals surface area (Å²) in [5.74, 6) is 0.803. The Morgan fingerprint density at radius 2 is 1.69 bits per heavy atom. The Kier molecular flexibility index (Phi) is 4.16. The summed E-state index contributed by atoms with van der Waals surface area (Å²) in [6.45, 7) is 1.98. The van der Waals surface area contributed by atoms with Crippen molar-refractivity contribution in [2.45, 2.75) is 6.92 Å². The fraction of sp³-hybridized carbons (Fsp3) is 0.333. The molecule has 0 saturated carbocycles. The Labute approximate surface area is 79.6 Å². The van der Waals surface area contributed by atoms with Crippen LogP contribution in [0.2, 0.25) is 0 Å². The molecule has 0 spiro atoms. The molecule has 3 nitrogen and oxygen atoms in total. The predicted octanol–water partition coefficient (Wildman–Crippen LogP) is 2.89. The van der Waals surface area contributed by atoms with Crippen LogP contribution < -0.4 is 4.52 Å². The number of hydrogen-bond acceptors (Lipinski definition) is 3. The lowest BCUT2D eigenvalue weighted by Crippen LogP contribution is -1.92. The molecule has 0 unspecified atom stereocenters. The maximum atomic E-state index is 5.46. The number of aryl methyl sites for hydroxylation is 1. The summed E-state index contributed by atoms with van der Waals surface area (Å²) >= 11 is 0. The molecule has 0 aromatic heterocycles. The summed E-state index contributed by atoms with van der Waals surface area (Å²) in [7, 11) is 1.88. The highest BCUT2D eigenvalue weighted by Crippen LogP contribution is 2.39. The molecule has 0 heterocycles. The van der Waals surface area contributed by atoms with Crippen molar-refractivity contribution < 1.29 is 13.6 Å². The molecule has 0 saturated heterocycles. The zero-order valence-corrected chi connectivity index (χ0v) is 8.88. The summed E-state index contributed by atoms with van der Waals surface area (Å²) in [5, 5.41) is 0. The van der Waals surface area contributed by atoms with Crippen molar-refractivity contribution in [3.8, 4) is 5.75 Å². The van der Waals surface area contributed by atoms with E-state index in [-0.39, 0.29) is 0 Å². The van der Waals surface area contributed by atoms with Gasteiger partial charge in [0.1, 0.15) is 5.75 Å². The summed E-state index contributed by atoms with van der Waals surface area (Å²) in [6.07, 6.45) is 0. The molecule has 0 aliphatic carbocycles. The minimum Gasteiger partial charge on any atom is -0.426 e. The van der Waals surface area contributed by atoms with Gasteiger partial charge < -0.3 is 13.6 Å². The second kappa shape index (κ2) is 5.18. The Morgan fingerprint density at radius 1 is 1.08 bits per heavy atom. The molecular formula is C9H13O3P. The van der Waals surface area contributed by atoms with E-state index in [1.54, 1.807) is 14.2 Å². The lowest BCUT2D eigenvalue weighted by atomic mass is 10.2. The third kappa shape index (κ3) is 2.96. The van der Waals surface area contributed by atoms with Crippen LogP contribution in [0.4, 0.5) is 0 Å². The zero-order valence-electron chi connectivity index (χ0n) is 7.98. The first-order chi connectivity index (χ1) is 6.27. The number of hydrogen-bond donors (Lipinski definition) is 0. The molecule has 0 amide bonds. The highest BCUT2D eigenvalue weighted by molar-refractivity contribution is 7.42. The summed E-state index contributed by atoms with van der Waals surface area (Å²) in [4.78, 5) is 0. The number of benzene rings is 1. The van der Waals surface area contributed by atoms with Crippen molar-refractivity contribution in [3.05, 3.63) is 29.8 Å². The minimum absolute atomic E-state index is 0.803. The van der Waals surface area contributed by atoms with Crippen molar-refractivity contribution in [1.82, 2.24) is 0 Å². The second-order valence-corrected chi connectivity index (χ2v) is 3.81. The predicted molar refractivity (Wildman–Crippen MR) is 52.7 cm³/mol. The fourth-order valence-electron chi connectivity index (χ4n) is 0.888. The monoisotopic (exact) mass is 200 g/mol. The quantitative estimate of drug-likeness (QED) is 0.699. The van der Waals surface area contributed by atoms with Crippen molar-refractivity contribution >= 4 is 8.60 Å². The third-order valence-corrected chi connectivity index (χ3v) is 2.51. The van der Waals surface area contributed by atoms with E-state index in [0.29, 0.717) is 0 Å². The first-order valence-corrected chi connectivity index (χ1v) is 4.99. The molecule has 0 bridgehead atoms. The summed E-state index contributed by atoms with van der Waals surface area (Å²) in [6, 6.07) is 7.75. The van der Waals surface area contributed by atoms with Crippen LogP contribution in [0.3, 0.4) is 0 Å². The molecule has 0 N–H and O–H groups in total. The Hall–Kier alpha value is -0.630.